The third kappa shape index (κ3) is 3.20. The van der Waals surface area contributed by atoms with Crippen molar-refractivity contribution in [3.63, 3.8) is 0 Å². The number of hydrogen-bond acceptors (Lipinski definition) is 4. The minimum absolute atomic E-state index is 0.158. The smallest absolute Gasteiger partial charge is 0.285 e. The Morgan fingerprint density at radius 3 is 2.56 bits per heavy atom. The normalized spacial score (nSPS) is 12.0. The third-order valence-corrected chi connectivity index (χ3v) is 2.04. The summed E-state index contributed by atoms with van der Waals surface area (Å²) in [5.41, 5.74) is -1.43. The Kier molecular flexibility index (Phi) is 4.27. The van der Waals surface area contributed by atoms with E-state index in [2.05, 4.69) is 5.32 Å². The van der Waals surface area contributed by atoms with Crippen molar-refractivity contribution in [3.8, 4) is 0 Å². The number of hydrogen-bond donors (Lipinski definition) is 2. The number of aliphatic hydroxyl groups is 1. The van der Waals surface area contributed by atoms with Crippen molar-refractivity contribution >= 4 is 11.6 Å². The molecule has 0 fully saturated rings. The van der Waals surface area contributed by atoms with E-state index in [0.29, 0.717) is 12.1 Å². The second-order valence-corrected chi connectivity index (χ2v) is 3.60. The Morgan fingerprint density at radius 2 is 2.06 bits per heavy atom. The highest BCUT2D eigenvalue weighted by atomic mass is 19.2. The Hall–Kier alpha value is -2.09. The first-order chi connectivity index (χ1) is 8.32. The first-order valence-corrected chi connectivity index (χ1v) is 4.92. The van der Waals surface area contributed by atoms with Crippen LogP contribution < -0.4 is 5.32 Å². The number of halogens is 2. The van der Waals surface area contributed by atoms with E-state index in [4.69, 9.17) is 5.11 Å². The molecule has 2 N–H and O–H groups in total. The van der Waals surface area contributed by atoms with Crippen LogP contribution in [0.1, 0.15) is 17.3 Å². The summed E-state index contributed by atoms with van der Waals surface area (Å²) < 4.78 is 25.8. The molecule has 0 saturated carbocycles. The molecule has 0 heterocycles. The van der Waals surface area contributed by atoms with Gasteiger partial charge < -0.3 is 10.4 Å². The number of carbonyl (C=O) groups excluding carboxylic acids is 1. The number of amides is 1. The van der Waals surface area contributed by atoms with Gasteiger partial charge in [0.2, 0.25) is 0 Å². The first kappa shape index (κ1) is 14.0. The molecule has 0 aliphatic heterocycles. The van der Waals surface area contributed by atoms with Gasteiger partial charge in [0.15, 0.2) is 11.6 Å². The monoisotopic (exact) mass is 260 g/mol. The molecule has 1 rings (SSSR count). The van der Waals surface area contributed by atoms with E-state index in [1.54, 1.807) is 0 Å². The minimum Gasteiger partial charge on any atom is -0.392 e. The maximum atomic E-state index is 13.0. The van der Waals surface area contributed by atoms with Gasteiger partial charge in [-0.2, -0.15) is 0 Å². The average molecular weight is 260 g/mol. The van der Waals surface area contributed by atoms with E-state index in [9.17, 15) is 23.7 Å². The molecular weight excluding hydrogens is 250 g/mol. The maximum absolute atomic E-state index is 13.0. The van der Waals surface area contributed by atoms with Crippen molar-refractivity contribution in [1.29, 1.82) is 0 Å². The van der Waals surface area contributed by atoms with E-state index in [-0.39, 0.29) is 6.54 Å². The van der Waals surface area contributed by atoms with Crippen LogP contribution in [0.2, 0.25) is 0 Å². The van der Waals surface area contributed by atoms with Crippen LogP contribution in [-0.2, 0) is 0 Å². The quantitative estimate of drug-likeness (QED) is 0.623. The van der Waals surface area contributed by atoms with Crippen LogP contribution in [0, 0.1) is 21.7 Å². The second kappa shape index (κ2) is 5.50. The van der Waals surface area contributed by atoms with Crippen molar-refractivity contribution in [1.82, 2.24) is 5.32 Å². The number of nitrogens with one attached hydrogen (secondary N) is 1. The summed E-state index contributed by atoms with van der Waals surface area (Å²) in [6, 6.07) is 0.789. The molecule has 0 aliphatic rings. The van der Waals surface area contributed by atoms with Gasteiger partial charge in [0, 0.05) is 6.54 Å². The lowest BCUT2D eigenvalue weighted by atomic mass is 10.1. The lowest BCUT2D eigenvalue weighted by Gasteiger charge is -2.07. The van der Waals surface area contributed by atoms with Gasteiger partial charge in [-0.15, -0.1) is 0 Å². The third-order valence-electron chi connectivity index (χ3n) is 2.04. The molecule has 1 aromatic carbocycles. The SMILES string of the molecule is CC(O)CNC(=O)c1cc(F)c(F)cc1[N+](=O)[O-]. The molecule has 1 atom stereocenters. The first-order valence-electron chi connectivity index (χ1n) is 4.92. The molecule has 0 aliphatic carbocycles. The van der Waals surface area contributed by atoms with Gasteiger partial charge in [-0.3, -0.25) is 14.9 Å². The fraction of sp³-hybridized carbons (Fsp3) is 0.300. The van der Waals surface area contributed by atoms with Gasteiger partial charge >= 0.3 is 0 Å². The van der Waals surface area contributed by atoms with Gasteiger partial charge in [0.25, 0.3) is 11.6 Å². The van der Waals surface area contributed by atoms with E-state index >= 15 is 0 Å². The molecule has 0 spiro atoms. The highest BCUT2D eigenvalue weighted by molar-refractivity contribution is 5.98. The molecule has 8 heteroatoms. The second-order valence-electron chi connectivity index (χ2n) is 3.60. The summed E-state index contributed by atoms with van der Waals surface area (Å²) in [7, 11) is 0. The topological polar surface area (TPSA) is 92.5 Å². The molecule has 1 amide bonds. The summed E-state index contributed by atoms with van der Waals surface area (Å²) in [5, 5.41) is 21.7. The van der Waals surface area contributed by atoms with Gasteiger partial charge in [0.1, 0.15) is 5.56 Å². The summed E-state index contributed by atoms with van der Waals surface area (Å²) >= 11 is 0. The number of nitro benzene ring substituents is 1. The molecule has 1 aromatic rings. The number of nitro groups is 1. The zero-order valence-corrected chi connectivity index (χ0v) is 9.31. The van der Waals surface area contributed by atoms with E-state index in [0.717, 1.165) is 0 Å². The summed E-state index contributed by atoms with van der Waals surface area (Å²) in [6.45, 7) is 1.23. The number of aliphatic hydroxyl groups excluding tert-OH is 1. The Bertz CT molecular complexity index is 491. The Labute approximate surface area is 100 Å². The molecule has 98 valence electrons. The Balaban J connectivity index is 3.10. The van der Waals surface area contributed by atoms with Crippen molar-refractivity contribution in [2.45, 2.75) is 13.0 Å². The summed E-state index contributed by atoms with van der Waals surface area (Å²) in [4.78, 5) is 21.2. The lowest BCUT2D eigenvalue weighted by Crippen LogP contribution is -2.31. The van der Waals surface area contributed by atoms with Crippen molar-refractivity contribution in [3.05, 3.63) is 39.4 Å². The van der Waals surface area contributed by atoms with E-state index in [1.165, 1.54) is 6.92 Å². The fourth-order valence-corrected chi connectivity index (χ4v) is 1.20. The van der Waals surface area contributed by atoms with Gasteiger partial charge in [0.05, 0.1) is 17.1 Å². The summed E-state index contributed by atoms with van der Waals surface area (Å²) in [6.07, 6.45) is -0.863. The molecule has 6 nitrogen and oxygen atoms in total. The van der Waals surface area contributed by atoms with Crippen LogP contribution in [0.4, 0.5) is 14.5 Å². The van der Waals surface area contributed by atoms with E-state index in [1.807, 2.05) is 0 Å². The van der Waals surface area contributed by atoms with Crippen LogP contribution >= 0.6 is 0 Å². The van der Waals surface area contributed by atoms with Gasteiger partial charge in [-0.25, -0.2) is 8.78 Å². The van der Waals surface area contributed by atoms with Crippen LogP contribution in [-0.4, -0.2) is 28.6 Å². The zero-order chi connectivity index (χ0) is 13.9. The van der Waals surface area contributed by atoms with Crippen molar-refractivity contribution < 1.29 is 23.6 Å². The highest BCUT2D eigenvalue weighted by Gasteiger charge is 2.23. The molecule has 0 bridgehead atoms. The van der Waals surface area contributed by atoms with Crippen LogP contribution in [0.15, 0.2) is 12.1 Å². The molecule has 0 aromatic heterocycles. The van der Waals surface area contributed by atoms with Crippen molar-refractivity contribution in [2.24, 2.45) is 0 Å². The maximum Gasteiger partial charge on any atom is 0.285 e. The molecule has 18 heavy (non-hydrogen) atoms. The molecule has 0 saturated heterocycles. The van der Waals surface area contributed by atoms with Crippen LogP contribution in [0.3, 0.4) is 0 Å². The van der Waals surface area contributed by atoms with Gasteiger partial charge in [-0.05, 0) is 13.0 Å². The molecule has 1 unspecified atom stereocenters. The zero-order valence-electron chi connectivity index (χ0n) is 9.31. The predicted octanol–water partition coefficient (Wildman–Crippen LogP) is 0.984. The van der Waals surface area contributed by atoms with Gasteiger partial charge in [-0.1, -0.05) is 0 Å². The summed E-state index contributed by atoms with van der Waals surface area (Å²) in [5.74, 6) is -3.72. The minimum atomic E-state index is -1.41. The largest absolute Gasteiger partial charge is 0.392 e. The Morgan fingerprint density at radius 1 is 1.50 bits per heavy atom. The fourth-order valence-electron chi connectivity index (χ4n) is 1.20. The van der Waals surface area contributed by atoms with E-state index < -0.39 is 39.8 Å². The number of nitrogens with zero attached hydrogens (tertiary/aromatic N) is 1. The van der Waals surface area contributed by atoms with Crippen molar-refractivity contribution in [2.75, 3.05) is 6.54 Å². The highest BCUT2D eigenvalue weighted by Crippen LogP contribution is 2.22. The number of rotatable bonds is 4. The van der Waals surface area contributed by atoms with Crippen LogP contribution in [0.25, 0.3) is 0 Å². The number of carbonyl (C=O) groups is 1. The predicted molar refractivity (Wildman–Crippen MR) is 57.0 cm³/mol. The van der Waals surface area contributed by atoms with Crippen LogP contribution in [0.5, 0.6) is 0 Å². The average Bonchev–Trinajstić information content (AvgIpc) is 2.28. The molecule has 0 radical (unpaired) electrons. The lowest BCUT2D eigenvalue weighted by molar-refractivity contribution is -0.385. The molecular formula is C10H10F2N2O4. The number of benzene rings is 1. The standard InChI is InChI=1S/C10H10F2N2O4/c1-5(15)4-13-10(16)6-2-7(11)8(12)3-9(6)14(17)18/h2-3,5,15H,4H2,1H3,(H,13,16).